The number of hydrogen-bond donors (Lipinski definition) is 2. The lowest BCUT2D eigenvalue weighted by Crippen LogP contribution is -2.25. The molecule has 0 saturated carbocycles. The van der Waals surface area contributed by atoms with Gasteiger partial charge in [0.2, 0.25) is 11.6 Å². The van der Waals surface area contributed by atoms with Gasteiger partial charge in [-0.2, -0.15) is 5.21 Å². The highest BCUT2D eigenvalue weighted by atomic mass is 16.2. The Hall–Kier alpha value is -3.88. The third-order valence-corrected chi connectivity index (χ3v) is 5.34. The van der Waals surface area contributed by atoms with Gasteiger partial charge in [0.15, 0.2) is 0 Å². The van der Waals surface area contributed by atoms with E-state index in [1.165, 1.54) is 0 Å². The molecule has 2 aromatic carbocycles. The van der Waals surface area contributed by atoms with Crippen LogP contribution in [0.2, 0.25) is 0 Å². The molecule has 0 saturated heterocycles. The third-order valence-electron chi connectivity index (χ3n) is 5.34. The van der Waals surface area contributed by atoms with Crippen LogP contribution in [0.1, 0.15) is 55.1 Å². The summed E-state index contributed by atoms with van der Waals surface area (Å²) in [7, 11) is 0. The smallest absolute Gasteiger partial charge is 0.290 e. The lowest BCUT2D eigenvalue weighted by Gasteiger charge is -2.08. The number of nitrogens with zero attached hydrogens (tertiary/aromatic N) is 6. The molecular formula is C24H28N8O. The zero-order valence-corrected chi connectivity index (χ0v) is 19.0. The van der Waals surface area contributed by atoms with E-state index in [4.69, 9.17) is 0 Å². The van der Waals surface area contributed by atoms with Crippen molar-refractivity contribution < 1.29 is 4.79 Å². The molecule has 0 radical (unpaired) electrons. The number of nitrogens with one attached hydrogen (secondary N) is 2. The molecule has 9 nitrogen and oxygen atoms in total. The molecular weight excluding hydrogens is 416 g/mol. The number of H-pyrrole nitrogens is 1. The van der Waals surface area contributed by atoms with Crippen LogP contribution in [0, 0.1) is 0 Å². The van der Waals surface area contributed by atoms with Gasteiger partial charge in [-0.1, -0.05) is 68.8 Å². The van der Waals surface area contributed by atoms with Crippen LogP contribution < -0.4 is 5.32 Å². The lowest BCUT2D eigenvalue weighted by molar-refractivity contribution is 0.0942. The van der Waals surface area contributed by atoms with Crippen molar-refractivity contribution in [3.05, 3.63) is 65.7 Å². The Morgan fingerprint density at radius 1 is 1.03 bits per heavy atom. The van der Waals surface area contributed by atoms with E-state index >= 15 is 0 Å². The molecule has 4 rings (SSSR count). The van der Waals surface area contributed by atoms with Gasteiger partial charge >= 0.3 is 0 Å². The SMILES string of the molecule is CCCCNC(=O)c1nc(Cc2ccc(-c3ccccc3-c3nn[nH]n3)cc2)n(CCC)n1. The van der Waals surface area contributed by atoms with Crippen molar-refractivity contribution in [2.24, 2.45) is 0 Å². The van der Waals surface area contributed by atoms with Gasteiger partial charge in [0, 0.05) is 25.1 Å². The summed E-state index contributed by atoms with van der Waals surface area (Å²) in [5.74, 6) is 1.37. The monoisotopic (exact) mass is 444 g/mol. The molecule has 0 aliphatic heterocycles. The highest BCUT2D eigenvalue weighted by Crippen LogP contribution is 2.29. The summed E-state index contributed by atoms with van der Waals surface area (Å²) in [6.45, 7) is 5.54. The summed E-state index contributed by atoms with van der Waals surface area (Å²) in [6.07, 6.45) is 3.48. The van der Waals surface area contributed by atoms with Crippen molar-refractivity contribution >= 4 is 5.91 Å². The molecule has 9 heteroatoms. The summed E-state index contributed by atoms with van der Waals surface area (Å²) in [6, 6.07) is 16.3. The van der Waals surface area contributed by atoms with Gasteiger partial charge in [0.25, 0.3) is 5.91 Å². The van der Waals surface area contributed by atoms with Crippen molar-refractivity contribution in [3.63, 3.8) is 0 Å². The van der Waals surface area contributed by atoms with Gasteiger partial charge in [0.05, 0.1) is 0 Å². The van der Waals surface area contributed by atoms with Crippen LogP contribution in [0.3, 0.4) is 0 Å². The summed E-state index contributed by atoms with van der Waals surface area (Å²) in [4.78, 5) is 17.0. The van der Waals surface area contributed by atoms with Gasteiger partial charge in [-0.3, -0.25) is 4.79 Å². The minimum atomic E-state index is -0.215. The average Bonchev–Trinajstić information content (AvgIpc) is 3.51. The van der Waals surface area contributed by atoms with Crippen molar-refractivity contribution in [3.8, 4) is 22.5 Å². The number of carbonyl (C=O) groups excluding carboxylic acids is 1. The van der Waals surface area contributed by atoms with Crippen LogP contribution in [-0.2, 0) is 13.0 Å². The topological polar surface area (TPSA) is 114 Å². The molecule has 0 aliphatic carbocycles. The number of aromatic amines is 1. The first-order valence-corrected chi connectivity index (χ1v) is 11.3. The second-order valence-electron chi connectivity index (χ2n) is 7.84. The fourth-order valence-corrected chi connectivity index (χ4v) is 3.64. The van der Waals surface area contributed by atoms with E-state index in [0.29, 0.717) is 18.8 Å². The minimum Gasteiger partial charge on any atom is -0.349 e. The highest BCUT2D eigenvalue weighted by Gasteiger charge is 2.16. The summed E-state index contributed by atoms with van der Waals surface area (Å²) >= 11 is 0. The van der Waals surface area contributed by atoms with Crippen LogP contribution in [0.5, 0.6) is 0 Å². The summed E-state index contributed by atoms with van der Waals surface area (Å²) in [5, 5.41) is 21.8. The van der Waals surface area contributed by atoms with Crippen molar-refractivity contribution in [1.82, 2.24) is 40.7 Å². The Morgan fingerprint density at radius 2 is 1.82 bits per heavy atom. The highest BCUT2D eigenvalue weighted by molar-refractivity contribution is 5.90. The van der Waals surface area contributed by atoms with Crippen LogP contribution >= 0.6 is 0 Å². The predicted octanol–water partition coefficient (Wildman–Crippen LogP) is 3.66. The number of benzene rings is 2. The van der Waals surface area contributed by atoms with E-state index in [0.717, 1.165) is 53.9 Å². The number of rotatable bonds is 10. The van der Waals surface area contributed by atoms with Gasteiger partial charge in [-0.15, -0.1) is 15.3 Å². The standard InChI is InChI=1S/C24H28N8O/c1-3-5-14-25-24(33)23-26-21(32(29-23)15-4-2)16-17-10-12-18(13-11-17)19-8-6-7-9-20(19)22-27-30-31-28-22/h6-13H,3-5,14-16H2,1-2H3,(H,25,33)(H,27,28,30,31). The Balaban J connectivity index is 1.53. The molecule has 2 aromatic heterocycles. The largest absolute Gasteiger partial charge is 0.349 e. The van der Waals surface area contributed by atoms with E-state index in [1.54, 1.807) is 0 Å². The van der Waals surface area contributed by atoms with Crippen molar-refractivity contribution in [2.75, 3.05) is 6.54 Å². The maximum atomic E-state index is 12.4. The molecule has 0 bridgehead atoms. The van der Waals surface area contributed by atoms with Gasteiger partial charge in [-0.25, -0.2) is 9.67 Å². The van der Waals surface area contributed by atoms with E-state index in [2.05, 4.69) is 74.1 Å². The van der Waals surface area contributed by atoms with E-state index in [-0.39, 0.29) is 11.7 Å². The lowest BCUT2D eigenvalue weighted by atomic mass is 9.98. The minimum absolute atomic E-state index is 0.215. The number of hydrogen-bond acceptors (Lipinski definition) is 6. The number of aromatic nitrogens is 7. The summed E-state index contributed by atoms with van der Waals surface area (Å²) in [5.41, 5.74) is 4.11. The zero-order valence-electron chi connectivity index (χ0n) is 19.0. The third kappa shape index (κ3) is 5.31. The first-order valence-electron chi connectivity index (χ1n) is 11.3. The number of aryl methyl sites for hydroxylation is 1. The first kappa shape index (κ1) is 22.3. The second kappa shape index (κ2) is 10.6. The van der Waals surface area contributed by atoms with Crippen molar-refractivity contribution in [1.29, 1.82) is 0 Å². The Kier molecular flexibility index (Phi) is 7.19. The number of unbranched alkanes of at least 4 members (excludes halogenated alkanes) is 1. The number of tetrazole rings is 1. The molecule has 0 atom stereocenters. The number of amides is 1. The molecule has 0 spiro atoms. The molecule has 0 fully saturated rings. The maximum absolute atomic E-state index is 12.4. The molecule has 2 heterocycles. The molecule has 0 unspecified atom stereocenters. The Bertz CT molecular complexity index is 1180. The van der Waals surface area contributed by atoms with Crippen LogP contribution in [0.25, 0.3) is 22.5 Å². The van der Waals surface area contributed by atoms with E-state index in [9.17, 15) is 4.79 Å². The Labute approximate surface area is 192 Å². The van der Waals surface area contributed by atoms with E-state index in [1.807, 2.05) is 28.9 Å². The maximum Gasteiger partial charge on any atom is 0.290 e. The summed E-state index contributed by atoms with van der Waals surface area (Å²) < 4.78 is 1.84. The quantitative estimate of drug-likeness (QED) is 0.361. The van der Waals surface area contributed by atoms with Crippen LogP contribution in [0.15, 0.2) is 48.5 Å². The molecule has 0 aliphatic rings. The molecule has 170 valence electrons. The van der Waals surface area contributed by atoms with Gasteiger partial charge in [0.1, 0.15) is 5.82 Å². The van der Waals surface area contributed by atoms with Crippen LogP contribution in [0.4, 0.5) is 0 Å². The second-order valence-corrected chi connectivity index (χ2v) is 7.84. The molecule has 2 N–H and O–H groups in total. The van der Waals surface area contributed by atoms with E-state index < -0.39 is 0 Å². The average molecular weight is 445 g/mol. The molecule has 1 amide bonds. The normalized spacial score (nSPS) is 11.0. The number of carbonyl (C=O) groups is 1. The molecule has 4 aromatic rings. The zero-order chi connectivity index (χ0) is 23.0. The van der Waals surface area contributed by atoms with Gasteiger partial charge in [-0.05, 0) is 34.7 Å². The van der Waals surface area contributed by atoms with Gasteiger partial charge < -0.3 is 5.32 Å². The first-order chi connectivity index (χ1) is 16.2. The van der Waals surface area contributed by atoms with Crippen molar-refractivity contribution in [2.45, 2.75) is 46.1 Å². The molecule has 33 heavy (non-hydrogen) atoms. The fourth-order valence-electron chi connectivity index (χ4n) is 3.64. The fraction of sp³-hybridized carbons (Fsp3) is 0.333. The van der Waals surface area contributed by atoms with Crippen LogP contribution in [-0.4, -0.2) is 47.8 Å². The Morgan fingerprint density at radius 3 is 2.52 bits per heavy atom. The predicted molar refractivity (Wildman–Crippen MR) is 125 cm³/mol.